The molecule has 0 aliphatic carbocycles. The summed E-state index contributed by atoms with van der Waals surface area (Å²) in [5.74, 6) is -4.65. The number of hydrogen-bond donors (Lipinski definition) is 2. The van der Waals surface area contributed by atoms with Crippen LogP contribution >= 0.6 is 35.6 Å². The smallest absolute Gasteiger partial charge is 0.243 e. The Morgan fingerprint density at radius 3 is 2.54 bits per heavy atom. The second kappa shape index (κ2) is 11.1. The van der Waals surface area contributed by atoms with E-state index >= 15 is 0 Å². The van der Waals surface area contributed by atoms with Gasteiger partial charge in [0.05, 0.1) is 12.2 Å². The zero-order valence-electron chi connectivity index (χ0n) is 15.1. The Labute approximate surface area is 183 Å². The SMILES string of the molecule is CN=C(NCC(=O)Nc1ccc(F)c(F)c1F)N(C)Cc1cccc(Cl)c1.I. The van der Waals surface area contributed by atoms with Gasteiger partial charge in [0.15, 0.2) is 23.4 Å². The third-order valence-electron chi connectivity index (χ3n) is 3.60. The first-order chi connectivity index (χ1) is 12.8. The molecule has 0 atom stereocenters. The number of amides is 1. The van der Waals surface area contributed by atoms with Crippen molar-refractivity contribution in [2.24, 2.45) is 4.99 Å². The monoisotopic (exact) mass is 526 g/mol. The number of aliphatic imine (C=N–C) groups is 1. The number of halogens is 5. The number of anilines is 1. The van der Waals surface area contributed by atoms with Crippen LogP contribution < -0.4 is 10.6 Å². The molecule has 0 aliphatic rings. The Kier molecular flexibility index (Phi) is 9.53. The molecule has 5 nitrogen and oxygen atoms in total. The van der Waals surface area contributed by atoms with E-state index in [9.17, 15) is 18.0 Å². The molecule has 28 heavy (non-hydrogen) atoms. The summed E-state index contributed by atoms with van der Waals surface area (Å²) in [6, 6.07) is 8.98. The van der Waals surface area contributed by atoms with Crippen LogP contribution in [0, 0.1) is 17.5 Å². The summed E-state index contributed by atoms with van der Waals surface area (Å²) >= 11 is 5.96. The Balaban J connectivity index is 0.00000392. The highest BCUT2D eigenvalue weighted by atomic mass is 127. The van der Waals surface area contributed by atoms with Crippen LogP contribution in [-0.4, -0.2) is 37.4 Å². The van der Waals surface area contributed by atoms with Gasteiger partial charge in [-0.3, -0.25) is 9.79 Å². The molecule has 2 rings (SSSR count). The van der Waals surface area contributed by atoms with Crippen LogP contribution in [-0.2, 0) is 11.3 Å². The Hall–Kier alpha value is -2.01. The van der Waals surface area contributed by atoms with E-state index in [0.717, 1.165) is 17.7 Å². The minimum Gasteiger partial charge on any atom is -0.347 e. The molecule has 2 N–H and O–H groups in total. The number of guanidine groups is 1. The van der Waals surface area contributed by atoms with Crippen molar-refractivity contribution in [3.05, 3.63) is 64.4 Å². The van der Waals surface area contributed by atoms with Crippen molar-refractivity contribution in [3.8, 4) is 0 Å². The normalized spacial score (nSPS) is 10.9. The topological polar surface area (TPSA) is 56.7 Å². The van der Waals surface area contributed by atoms with Gasteiger partial charge in [0.1, 0.15) is 0 Å². The molecule has 0 bridgehead atoms. The molecule has 0 unspecified atom stereocenters. The van der Waals surface area contributed by atoms with Gasteiger partial charge in [-0.15, -0.1) is 24.0 Å². The first-order valence-electron chi connectivity index (χ1n) is 7.91. The second-order valence-electron chi connectivity index (χ2n) is 5.66. The molecule has 2 aromatic carbocycles. The summed E-state index contributed by atoms with van der Waals surface area (Å²) in [5.41, 5.74) is 0.504. The first-order valence-corrected chi connectivity index (χ1v) is 8.29. The fourth-order valence-corrected chi connectivity index (χ4v) is 2.56. The maximum Gasteiger partial charge on any atom is 0.243 e. The van der Waals surface area contributed by atoms with Crippen molar-refractivity contribution in [3.63, 3.8) is 0 Å². The van der Waals surface area contributed by atoms with Crippen LogP contribution in [0.15, 0.2) is 41.4 Å². The maximum atomic E-state index is 13.6. The van der Waals surface area contributed by atoms with E-state index in [0.29, 0.717) is 17.5 Å². The number of nitrogens with zero attached hydrogens (tertiary/aromatic N) is 2. The lowest BCUT2D eigenvalue weighted by Crippen LogP contribution is -2.42. The Morgan fingerprint density at radius 2 is 1.89 bits per heavy atom. The lowest BCUT2D eigenvalue weighted by molar-refractivity contribution is -0.115. The molecule has 0 aromatic heterocycles. The van der Waals surface area contributed by atoms with Gasteiger partial charge in [0, 0.05) is 25.7 Å². The Bertz CT molecular complexity index is 867. The molecule has 0 aliphatic heterocycles. The summed E-state index contributed by atoms with van der Waals surface area (Å²) in [6.07, 6.45) is 0. The predicted molar refractivity (Wildman–Crippen MR) is 115 cm³/mol. The number of carbonyl (C=O) groups is 1. The quantitative estimate of drug-likeness (QED) is 0.268. The van der Waals surface area contributed by atoms with Crippen LogP contribution in [0.25, 0.3) is 0 Å². The van der Waals surface area contributed by atoms with Crippen molar-refractivity contribution in [1.82, 2.24) is 10.2 Å². The summed E-state index contributed by atoms with van der Waals surface area (Å²) in [6.45, 7) is 0.241. The fourth-order valence-electron chi connectivity index (χ4n) is 2.34. The standard InChI is InChI=1S/C18H18ClF3N4O.HI/c1-23-18(26(2)10-11-4-3-5-12(19)8-11)24-9-15(27)25-14-7-6-13(20)16(21)17(14)22;/h3-8H,9-10H2,1-2H3,(H,23,24)(H,25,27);1H. The van der Waals surface area contributed by atoms with E-state index in [1.807, 2.05) is 18.2 Å². The third-order valence-corrected chi connectivity index (χ3v) is 3.83. The average Bonchev–Trinajstić information content (AvgIpc) is 2.63. The van der Waals surface area contributed by atoms with Gasteiger partial charge >= 0.3 is 0 Å². The van der Waals surface area contributed by atoms with E-state index in [4.69, 9.17) is 11.6 Å². The van der Waals surface area contributed by atoms with Gasteiger partial charge in [0.2, 0.25) is 5.91 Å². The molecule has 1 amide bonds. The highest BCUT2D eigenvalue weighted by molar-refractivity contribution is 14.0. The first kappa shape index (κ1) is 24.0. The number of rotatable bonds is 5. The predicted octanol–water partition coefficient (Wildman–Crippen LogP) is 4.02. The molecule has 0 radical (unpaired) electrons. The molecule has 0 heterocycles. The van der Waals surface area contributed by atoms with Crippen LogP contribution in [0.4, 0.5) is 18.9 Å². The van der Waals surface area contributed by atoms with Crippen molar-refractivity contribution < 1.29 is 18.0 Å². The van der Waals surface area contributed by atoms with Gasteiger partial charge in [-0.1, -0.05) is 23.7 Å². The summed E-state index contributed by atoms with van der Waals surface area (Å²) < 4.78 is 39.7. The lowest BCUT2D eigenvalue weighted by atomic mass is 10.2. The number of carbonyl (C=O) groups excluding carboxylic acids is 1. The largest absolute Gasteiger partial charge is 0.347 e. The van der Waals surface area contributed by atoms with Crippen LogP contribution in [0.2, 0.25) is 5.02 Å². The summed E-state index contributed by atoms with van der Waals surface area (Å²) in [5, 5.41) is 5.60. The third kappa shape index (κ3) is 6.55. The highest BCUT2D eigenvalue weighted by Crippen LogP contribution is 2.19. The zero-order chi connectivity index (χ0) is 20.0. The average molecular weight is 527 g/mol. The van der Waals surface area contributed by atoms with Gasteiger partial charge < -0.3 is 15.5 Å². The van der Waals surface area contributed by atoms with Crippen molar-refractivity contribution in [1.29, 1.82) is 0 Å². The molecule has 2 aromatic rings. The molecule has 10 heteroatoms. The van der Waals surface area contributed by atoms with Gasteiger partial charge in [-0.25, -0.2) is 13.2 Å². The number of hydrogen-bond acceptors (Lipinski definition) is 2. The molecule has 152 valence electrons. The van der Waals surface area contributed by atoms with E-state index in [-0.39, 0.29) is 30.5 Å². The van der Waals surface area contributed by atoms with Crippen LogP contribution in [0.1, 0.15) is 5.56 Å². The molecular weight excluding hydrogens is 508 g/mol. The molecule has 0 fully saturated rings. The number of benzene rings is 2. The maximum absolute atomic E-state index is 13.6. The van der Waals surface area contributed by atoms with E-state index in [2.05, 4.69) is 15.6 Å². The molecule has 0 saturated heterocycles. The molecular formula is C18H19ClF3IN4O. The van der Waals surface area contributed by atoms with E-state index < -0.39 is 29.0 Å². The zero-order valence-corrected chi connectivity index (χ0v) is 18.2. The summed E-state index contributed by atoms with van der Waals surface area (Å²) in [4.78, 5) is 17.8. The van der Waals surface area contributed by atoms with E-state index in [1.54, 1.807) is 25.1 Å². The van der Waals surface area contributed by atoms with Crippen LogP contribution in [0.5, 0.6) is 0 Å². The van der Waals surface area contributed by atoms with Gasteiger partial charge in [-0.2, -0.15) is 0 Å². The number of nitrogens with one attached hydrogen (secondary N) is 2. The van der Waals surface area contributed by atoms with Crippen molar-refractivity contribution >= 4 is 53.1 Å². The van der Waals surface area contributed by atoms with Gasteiger partial charge in [-0.05, 0) is 29.8 Å². The second-order valence-corrected chi connectivity index (χ2v) is 6.09. The fraction of sp³-hybridized carbons (Fsp3) is 0.222. The van der Waals surface area contributed by atoms with Crippen molar-refractivity contribution in [2.45, 2.75) is 6.54 Å². The highest BCUT2D eigenvalue weighted by Gasteiger charge is 2.16. The lowest BCUT2D eigenvalue weighted by Gasteiger charge is -2.22. The Morgan fingerprint density at radius 1 is 1.18 bits per heavy atom. The van der Waals surface area contributed by atoms with Crippen molar-refractivity contribution in [2.75, 3.05) is 26.0 Å². The summed E-state index contributed by atoms with van der Waals surface area (Å²) in [7, 11) is 3.31. The van der Waals surface area contributed by atoms with E-state index in [1.165, 1.54) is 0 Å². The molecule has 0 saturated carbocycles. The van der Waals surface area contributed by atoms with Crippen LogP contribution in [0.3, 0.4) is 0 Å². The molecule has 0 spiro atoms. The van der Waals surface area contributed by atoms with Gasteiger partial charge in [0.25, 0.3) is 0 Å². The minimum absolute atomic E-state index is 0. The minimum atomic E-state index is -1.64.